The van der Waals surface area contributed by atoms with Crippen molar-refractivity contribution in [3.05, 3.63) is 73.0 Å². The molecule has 0 atom stereocenters. The zero-order chi connectivity index (χ0) is 18.6. The predicted molar refractivity (Wildman–Crippen MR) is 95.3 cm³/mol. The third kappa shape index (κ3) is 3.52. The fourth-order valence-corrected chi connectivity index (χ4v) is 2.52. The maximum Gasteiger partial charge on any atom is 0.413 e. The molecule has 4 heterocycles. The van der Waals surface area contributed by atoms with Gasteiger partial charge in [-0.05, 0) is 29.8 Å². The summed E-state index contributed by atoms with van der Waals surface area (Å²) in [4.78, 5) is 25.9. The maximum atomic E-state index is 11.9. The number of carboxylic acid groups (broad SMARTS) is 1. The highest BCUT2D eigenvalue weighted by atomic mass is 16.4. The maximum absolute atomic E-state index is 11.9. The molecule has 0 unspecified atom stereocenters. The average molecular weight is 362 g/mol. The van der Waals surface area contributed by atoms with Crippen LogP contribution in [0.2, 0.25) is 0 Å². The Bertz CT molecular complexity index is 980. The lowest BCUT2D eigenvalue weighted by molar-refractivity contribution is 0.201. The molecule has 0 aliphatic rings. The number of anilines is 1. The number of amides is 1. The van der Waals surface area contributed by atoms with Gasteiger partial charge in [-0.25, -0.2) is 19.4 Å². The first-order valence-corrected chi connectivity index (χ1v) is 8.03. The lowest BCUT2D eigenvalue weighted by Crippen LogP contribution is -2.30. The molecule has 0 fully saturated rings. The number of rotatable bonds is 5. The Morgan fingerprint density at radius 2 is 2.11 bits per heavy atom. The van der Waals surface area contributed by atoms with Crippen molar-refractivity contribution in [2.75, 3.05) is 4.90 Å². The van der Waals surface area contributed by atoms with Crippen molar-refractivity contribution in [1.82, 2.24) is 24.7 Å². The van der Waals surface area contributed by atoms with Gasteiger partial charge in [-0.15, -0.1) is 0 Å². The van der Waals surface area contributed by atoms with Crippen molar-refractivity contribution in [3.63, 3.8) is 0 Å². The van der Waals surface area contributed by atoms with Crippen molar-refractivity contribution >= 4 is 11.9 Å². The molecule has 0 spiro atoms. The number of carbonyl (C=O) groups is 1. The summed E-state index contributed by atoms with van der Waals surface area (Å²) in [6.07, 6.45) is 6.92. The molecular formula is C18H14N6O3. The second kappa shape index (κ2) is 7.08. The van der Waals surface area contributed by atoms with E-state index < -0.39 is 6.09 Å². The molecule has 0 bridgehead atoms. The summed E-state index contributed by atoms with van der Waals surface area (Å²) >= 11 is 0. The molecule has 4 aromatic heterocycles. The summed E-state index contributed by atoms with van der Waals surface area (Å²) in [6, 6.07) is 10.3. The van der Waals surface area contributed by atoms with Crippen molar-refractivity contribution in [1.29, 1.82) is 0 Å². The molecule has 9 heteroatoms. The topological polar surface area (TPSA) is 110 Å². The van der Waals surface area contributed by atoms with E-state index in [0.717, 1.165) is 10.5 Å². The normalized spacial score (nSPS) is 10.7. The minimum atomic E-state index is -1.14. The van der Waals surface area contributed by atoms with Gasteiger partial charge in [-0.3, -0.25) is 9.88 Å². The first-order chi connectivity index (χ1) is 13.2. The lowest BCUT2D eigenvalue weighted by Gasteiger charge is -2.19. The van der Waals surface area contributed by atoms with Gasteiger partial charge in [0.2, 0.25) is 0 Å². The number of hydrogen-bond donors (Lipinski definition) is 1. The van der Waals surface area contributed by atoms with Gasteiger partial charge >= 0.3 is 6.09 Å². The second-order valence-corrected chi connectivity index (χ2v) is 5.57. The van der Waals surface area contributed by atoms with Crippen molar-refractivity contribution in [3.8, 4) is 17.4 Å². The zero-order valence-corrected chi connectivity index (χ0v) is 14.0. The highest BCUT2D eigenvalue weighted by Crippen LogP contribution is 2.23. The Morgan fingerprint density at radius 1 is 1.19 bits per heavy atom. The molecular weight excluding hydrogens is 348 g/mol. The third-order valence-electron chi connectivity index (χ3n) is 3.75. The Morgan fingerprint density at radius 3 is 2.78 bits per heavy atom. The van der Waals surface area contributed by atoms with E-state index in [1.807, 2.05) is 0 Å². The van der Waals surface area contributed by atoms with E-state index in [2.05, 4.69) is 20.1 Å². The van der Waals surface area contributed by atoms with Crippen LogP contribution in [0.4, 0.5) is 10.6 Å². The predicted octanol–water partition coefficient (Wildman–Crippen LogP) is 3.00. The molecule has 0 saturated heterocycles. The van der Waals surface area contributed by atoms with Crippen LogP contribution in [-0.2, 0) is 6.54 Å². The minimum Gasteiger partial charge on any atom is -0.465 e. The largest absolute Gasteiger partial charge is 0.465 e. The van der Waals surface area contributed by atoms with Crippen LogP contribution in [0.5, 0.6) is 0 Å². The van der Waals surface area contributed by atoms with Crippen LogP contribution in [0.1, 0.15) is 5.56 Å². The van der Waals surface area contributed by atoms with Gasteiger partial charge in [0, 0.05) is 30.9 Å². The van der Waals surface area contributed by atoms with Crippen LogP contribution in [-0.4, -0.2) is 35.9 Å². The van der Waals surface area contributed by atoms with Crippen LogP contribution < -0.4 is 4.90 Å². The van der Waals surface area contributed by atoms with E-state index in [1.165, 1.54) is 10.9 Å². The molecule has 0 aromatic carbocycles. The van der Waals surface area contributed by atoms with Gasteiger partial charge in [0.25, 0.3) is 0 Å². The number of nitrogens with zero attached hydrogens (tertiary/aromatic N) is 6. The summed E-state index contributed by atoms with van der Waals surface area (Å²) in [6.45, 7) is 0.0936. The van der Waals surface area contributed by atoms with Gasteiger partial charge in [-0.1, -0.05) is 6.07 Å². The van der Waals surface area contributed by atoms with Crippen LogP contribution in [0, 0.1) is 0 Å². The Balaban J connectivity index is 1.80. The van der Waals surface area contributed by atoms with E-state index in [-0.39, 0.29) is 18.2 Å². The molecule has 9 nitrogen and oxygen atoms in total. The van der Waals surface area contributed by atoms with E-state index >= 15 is 0 Å². The van der Waals surface area contributed by atoms with Gasteiger partial charge in [-0.2, -0.15) is 5.10 Å². The highest BCUT2D eigenvalue weighted by molar-refractivity contribution is 5.85. The fourth-order valence-electron chi connectivity index (χ4n) is 2.52. The van der Waals surface area contributed by atoms with Crippen molar-refractivity contribution in [2.24, 2.45) is 0 Å². The number of furan rings is 1. The molecule has 4 rings (SSSR count). The van der Waals surface area contributed by atoms with E-state index in [4.69, 9.17) is 4.42 Å². The monoisotopic (exact) mass is 362 g/mol. The number of hydrogen-bond acceptors (Lipinski definition) is 6. The quantitative estimate of drug-likeness (QED) is 0.581. The molecule has 27 heavy (non-hydrogen) atoms. The second-order valence-electron chi connectivity index (χ2n) is 5.57. The lowest BCUT2D eigenvalue weighted by atomic mass is 10.2. The molecule has 1 amide bonds. The molecule has 0 aliphatic heterocycles. The molecule has 1 N–H and O–H groups in total. The SMILES string of the molecule is O=C(O)N(Cc1cccnc1)c1cc(-n2cccn2)nc(-c2ccco2)n1. The third-order valence-corrected chi connectivity index (χ3v) is 3.75. The Labute approximate surface area is 153 Å². The highest BCUT2D eigenvalue weighted by Gasteiger charge is 2.20. The summed E-state index contributed by atoms with van der Waals surface area (Å²) in [5.74, 6) is 1.32. The molecule has 0 saturated carbocycles. The number of aromatic nitrogens is 5. The van der Waals surface area contributed by atoms with Gasteiger partial charge in [0.15, 0.2) is 17.4 Å². The molecule has 4 aromatic rings. The summed E-state index contributed by atoms with van der Waals surface area (Å²) < 4.78 is 6.90. The standard InChI is InChI=1S/C18H14N6O3/c25-18(26)23(12-13-4-1-6-19-11-13)15-10-16(24-8-3-7-20-24)22-17(21-15)14-5-2-9-27-14/h1-11H,12H2,(H,25,26). The van der Waals surface area contributed by atoms with Gasteiger partial charge in [0.1, 0.15) is 5.82 Å². The smallest absolute Gasteiger partial charge is 0.413 e. The Kier molecular flexibility index (Phi) is 4.32. The summed E-state index contributed by atoms with van der Waals surface area (Å²) in [5.41, 5.74) is 0.735. The molecule has 134 valence electrons. The van der Waals surface area contributed by atoms with Crippen molar-refractivity contribution < 1.29 is 14.3 Å². The zero-order valence-electron chi connectivity index (χ0n) is 14.0. The van der Waals surface area contributed by atoms with Crippen LogP contribution >= 0.6 is 0 Å². The molecule has 0 aliphatic carbocycles. The van der Waals surface area contributed by atoms with E-state index in [9.17, 15) is 9.90 Å². The summed E-state index contributed by atoms with van der Waals surface area (Å²) in [7, 11) is 0. The van der Waals surface area contributed by atoms with Crippen LogP contribution in [0.3, 0.4) is 0 Å². The van der Waals surface area contributed by atoms with Gasteiger partial charge < -0.3 is 9.52 Å². The Hall–Kier alpha value is -4.01. The minimum absolute atomic E-state index is 0.0936. The van der Waals surface area contributed by atoms with Gasteiger partial charge in [0.05, 0.1) is 12.8 Å². The summed E-state index contributed by atoms with van der Waals surface area (Å²) in [5, 5.41) is 13.9. The molecule has 0 radical (unpaired) electrons. The first kappa shape index (κ1) is 16.5. The fraction of sp³-hybridized carbons (Fsp3) is 0.0556. The first-order valence-electron chi connectivity index (χ1n) is 8.03. The van der Waals surface area contributed by atoms with Crippen LogP contribution in [0.25, 0.3) is 17.4 Å². The van der Waals surface area contributed by atoms with E-state index in [0.29, 0.717) is 11.6 Å². The number of pyridine rings is 1. The van der Waals surface area contributed by atoms with Crippen LogP contribution in [0.15, 0.2) is 71.9 Å². The van der Waals surface area contributed by atoms with E-state index in [1.54, 1.807) is 61.2 Å². The average Bonchev–Trinajstić information content (AvgIpc) is 3.40. The van der Waals surface area contributed by atoms with Crippen molar-refractivity contribution in [2.45, 2.75) is 6.54 Å².